The molecule has 3 amide bonds. The van der Waals surface area contributed by atoms with Gasteiger partial charge in [0, 0.05) is 12.7 Å². The van der Waals surface area contributed by atoms with Gasteiger partial charge in [-0.15, -0.1) is 0 Å². The molecule has 0 aliphatic heterocycles. The SMILES string of the molecule is CNC(=O)NC(=O)[C@H](C)Sc1nc(C)cc(C(F)(F)F)c1C#N. The highest BCUT2D eigenvalue weighted by molar-refractivity contribution is 8.00. The summed E-state index contributed by atoms with van der Waals surface area (Å²) in [5.41, 5.74) is -1.68. The van der Waals surface area contributed by atoms with Gasteiger partial charge in [-0.25, -0.2) is 9.78 Å². The lowest BCUT2D eigenvalue weighted by Crippen LogP contribution is -2.41. The molecule has 0 radical (unpaired) electrons. The van der Waals surface area contributed by atoms with Crippen molar-refractivity contribution in [1.29, 1.82) is 5.26 Å². The average molecular weight is 346 g/mol. The number of amides is 3. The lowest BCUT2D eigenvalue weighted by atomic mass is 10.1. The summed E-state index contributed by atoms with van der Waals surface area (Å²) >= 11 is 0.674. The van der Waals surface area contributed by atoms with E-state index in [0.717, 1.165) is 6.07 Å². The molecule has 1 aromatic heterocycles. The molecule has 0 aromatic carbocycles. The van der Waals surface area contributed by atoms with Crippen LogP contribution >= 0.6 is 11.8 Å². The molecule has 1 aromatic rings. The molecule has 124 valence electrons. The zero-order chi connectivity index (χ0) is 17.8. The maximum absolute atomic E-state index is 13.0. The number of thioether (sulfide) groups is 1. The van der Waals surface area contributed by atoms with E-state index in [2.05, 4.69) is 10.3 Å². The number of alkyl halides is 3. The number of aromatic nitrogens is 1. The third-order valence-corrected chi connectivity index (χ3v) is 3.74. The first-order valence-corrected chi connectivity index (χ1v) is 7.16. The van der Waals surface area contributed by atoms with E-state index in [4.69, 9.17) is 5.26 Å². The summed E-state index contributed by atoms with van der Waals surface area (Å²) in [5.74, 6) is -0.713. The van der Waals surface area contributed by atoms with Gasteiger partial charge in [-0.05, 0) is 19.9 Å². The summed E-state index contributed by atoms with van der Waals surface area (Å²) in [4.78, 5) is 26.7. The van der Waals surface area contributed by atoms with Crippen LogP contribution in [0.4, 0.5) is 18.0 Å². The maximum Gasteiger partial charge on any atom is 0.417 e. The first-order valence-electron chi connectivity index (χ1n) is 6.28. The third-order valence-electron chi connectivity index (χ3n) is 2.65. The van der Waals surface area contributed by atoms with Gasteiger partial charge < -0.3 is 5.32 Å². The Balaban J connectivity index is 3.14. The number of rotatable bonds is 3. The Bertz CT molecular complexity index is 670. The second kappa shape index (κ2) is 7.32. The predicted molar refractivity (Wildman–Crippen MR) is 76.6 cm³/mol. The normalized spacial score (nSPS) is 12.2. The van der Waals surface area contributed by atoms with E-state index in [9.17, 15) is 22.8 Å². The van der Waals surface area contributed by atoms with Crippen LogP contribution in [0.1, 0.15) is 23.7 Å². The Kier molecular flexibility index (Phi) is 5.98. The van der Waals surface area contributed by atoms with Gasteiger partial charge in [0.15, 0.2) is 0 Å². The minimum Gasteiger partial charge on any atom is -0.341 e. The number of imide groups is 1. The van der Waals surface area contributed by atoms with Crippen LogP contribution in [-0.4, -0.2) is 29.2 Å². The summed E-state index contributed by atoms with van der Waals surface area (Å²) < 4.78 is 39.0. The number of hydrogen-bond acceptors (Lipinski definition) is 5. The molecule has 1 heterocycles. The molecule has 0 aliphatic rings. The van der Waals surface area contributed by atoms with Crippen LogP contribution < -0.4 is 10.6 Å². The molecule has 0 unspecified atom stereocenters. The van der Waals surface area contributed by atoms with Gasteiger partial charge in [-0.2, -0.15) is 18.4 Å². The Morgan fingerprint density at radius 3 is 2.52 bits per heavy atom. The van der Waals surface area contributed by atoms with Crippen LogP contribution in [0, 0.1) is 18.3 Å². The van der Waals surface area contributed by atoms with Crippen molar-refractivity contribution in [3.05, 3.63) is 22.9 Å². The van der Waals surface area contributed by atoms with Crippen LogP contribution in [0.3, 0.4) is 0 Å². The Morgan fingerprint density at radius 2 is 2.04 bits per heavy atom. The lowest BCUT2D eigenvalue weighted by molar-refractivity contribution is -0.138. The van der Waals surface area contributed by atoms with Crippen LogP contribution in [0.2, 0.25) is 0 Å². The van der Waals surface area contributed by atoms with E-state index in [-0.39, 0.29) is 10.7 Å². The lowest BCUT2D eigenvalue weighted by Gasteiger charge is -2.15. The molecule has 0 bridgehead atoms. The molecule has 2 N–H and O–H groups in total. The van der Waals surface area contributed by atoms with Gasteiger partial charge in [0.25, 0.3) is 0 Å². The van der Waals surface area contributed by atoms with Gasteiger partial charge in [0.1, 0.15) is 11.1 Å². The van der Waals surface area contributed by atoms with Gasteiger partial charge in [-0.3, -0.25) is 10.1 Å². The van der Waals surface area contributed by atoms with Gasteiger partial charge in [0.05, 0.1) is 16.4 Å². The maximum atomic E-state index is 13.0. The van der Waals surface area contributed by atoms with Crippen molar-refractivity contribution in [1.82, 2.24) is 15.6 Å². The van der Waals surface area contributed by atoms with Crippen LogP contribution in [-0.2, 0) is 11.0 Å². The molecule has 0 fully saturated rings. The number of carbonyl (C=O) groups is 2. The molecule has 10 heteroatoms. The third kappa shape index (κ3) is 4.85. The van der Waals surface area contributed by atoms with E-state index < -0.39 is 34.5 Å². The standard InChI is InChI=1S/C13H13F3N4O2S/c1-6-4-9(13(14,15)16)8(5-17)11(19-6)23-7(2)10(21)20-12(22)18-3/h4,7H,1-3H3,(H2,18,20,21,22)/t7-/m0/s1. The zero-order valence-electron chi connectivity index (χ0n) is 12.4. The summed E-state index contributed by atoms with van der Waals surface area (Å²) in [5, 5.41) is 12.1. The fraction of sp³-hybridized carbons (Fsp3) is 0.385. The zero-order valence-corrected chi connectivity index (χ0v) is 13.2. The second-order valence-electron chi connectivity index (χ2n) is 4.43. The van der Waals surface area contributed by atoms with E-state index in [1.54, 1.807) is 0 Å². The highest BCUT2D eigenvalue weighted by Gasteiger charge is 2.36. The largest absolute Gasteiger partial charge is 0.417 e. The highest BCUT2D eigenvalue weighted by Crippen LogP contribution is 2.36. The Labute approximate surface area is 134 Å². The first-order chi connectivity index (χ1) is 10.6. The number of urea groups is 1. The summed E-state index contributed by atoms with van der Waals surface area (Å²) in [7, 11) is 1.31. The molecule has 6 nitrogen and oxygen atoms in total. The number of nitrogens with zero attached hydrogens (tertiary/aromatic N) is 2. The summed E-state index contributed by atoms with van der Waals surface area (Å²) in [6, 6.07) is 1.52. The molecule has 0 saturated carbocycles. The summed E-state index contributed by atoms with van der Waals surface area (Å²) in [6.45, 7) is 2.75. The second-order valence-corrected chi connectivity index (χ2v) is 5.76. The van der Waals surface area contributed by atoms with Crippen molar-refractivity contribution < 1.29 is 22.8 Å². The number of nitriles is 1. The van der Waals surface area contributed by atoms with E-state index in [1.807, 2.05) is 5.32 Å². The molecule has 1 atom stereocenters. The smallest absolute Gasteiger partial charge is 0.341 e. The minimum absolute atomic E-state index is 0.0673. The van der Waals surface area contributed by atoms with Crippen molar-refractivity contribution in [3.8, 4) is 6.07 Å². The van der Waals surface area contributed by atoms with Gasteiger partial charge >= 0.3 is 12.2 Å². The number of pyridine rings is 1. The average Bonchev–Trinajstić information content (AvgIpc) is 2.45. The first kappa shape index (κ1) is 18.8. The van der Waals surface area contributed by atoms with Crippen molar-refractivity contribution in [3.63, 3.8) is 0 Å². The van der Waals surface area contributed by atoms with Crippen molar-refractivity contribution in [2.75, 3.05) is 7.05 Å². The molecule has 1 rings (SSSR count). The molecule has 0 aliphatic carbocycles. The van der Waals surface area contributed by atoms with Crippen LogP contribution in [0.15, 0.2) is 11.1 Å². The molecule has 0 saturated heterocycles. The summed E-state index contributed by atoms with van der Waals surface area (Å²) in [6.07, 6.45) is -4.71. The van der Waals surface area contributed by atoms with Gasteiger partial charge in [0.2, 0.25) is 5.91 Å². The van der Waals surface area contributed by atoms with E-state index in [0.29, 0.717) is 11.8 Å². The monoisotopic (exact) mass is 346 g/mol. The number of hydrogen-bond donors (Lipinski definition) is 2. The number of aryl methyl sites for hydroxylation is 1. The molecule has 23 heavy (non-hydrogen) atoms. The van der Waals surface area contributed by atoms with Crippen LogP contribution in [0.25, 0.3) is 0 Å². The fourth-order valence-electron chi connectivity index (χ4n) is 1.56. The minimum atomic E-state index is -4.71. The molecule has 0 spiro atoms. The number of halogens is 3. The van der Waals surface area contributed by atoms with Crippen molar-refractivity contribution in [2.45, 2.75) is 30.3 Å². The topological polar surface area (TPSA) is 94.9 Å². The van der Waals surface area contributed by atoms with Crippen molar-refractivity contribution in [2.24, 2.45) is 0 Å². The molecular formula is C13H13F3N4O2S. The number of nitrogens with one attached hydrogen (secondary N) is 2. The number of carbonyl (C=O) groups excluding carboxylic acids is 2. The quantitative estimate of drug-likeness (QED) is 0.818. The van der Waals surface area contributed by atoms with E-state index >= 15 is 0 Å². The molecular weight excluding hydrogens is 333 g/mol. The van der Waals surface area contributed by atoms with Crippen molar-refractivity contribution >= 4 is 23.7 Å². The Hall–Kier alpha value is -2.28. The highest BCUT2D eigenvalue weighted by atomic mass is 32.2. The predicted octanol–water partition coefficient (Wildman–Crippen LogP) is 2.22. The van der Waals surface area contributed by atoms with Crippen LogP contribution in [0.5, 0.6) is 0 Å². The van der Waals surface area contributed by atoms with Gasteiger partial charge in [-0.1, -0.05) is 11.8 Å². The Morgan fingerprint density at radius 1 is 1.43 bits per heavy atom. The van der Waals surface area contributed by atoms with E-state index in [1.165, 1.54) is 27.0 Å². The fourth-order valence-corrected chi connectivity index (χ4v) is 2.53.